The van der Waals surface area contributed by atoms with Gasteiger partial charge in [-0.25, -0.2) is 0 Å². The summed E-state index contributed by atoms with van der Waals surface area (Å²) in [6, 6.07) is -0.687. The van der Waals surface area contributed by atoms with Gasteiger partial charge < -0.3 is 34.6 Å². The number of aliphatic hydroxyl groups is 2. The Kier molecular flexibility index (Phi) is 13.3. The molecule has 1 aliphatic heterocycles. The van der Waals surface area contributed by atoms with Crippen molar-refractivity contribution in [2.75, 3.05) is 26.4 Å². The van der Waals surface area contributed by atoms with Crippen molar-refractivity contribution in [3.8, 4) is 0 Å². The van der Waals surface area contributed by atoms with Crippen molar-refractivity contribution in [2.24, 2.45) is 34.5 Å². The number of aliphatic hydroxyl groups excluding tert-OH is 2. The SMILES string of the molecule is CCC(C)(C)C(=O)OCC(O)COC(=O)C1C2C=CC(C2)C1C(=O)O.CCC(C)(C)C(=O)OCC(O)N1CCCC1C(=O)O. The molecule has 2 bridgehead atoms. The van der Waals surface area contributed by atoms with Gasteiger partial charge in [0, 0.05) is 6.54 Å². The number of rotatable bonds is 14. The Morgan fingerprint density at radius 1 is 0.795 bits per heavy atom. The van der Waals surface area contributed by atoms with E-state index in [0.717, 1.165) is 6.42 Å². The summed E-state index contributed by atoms with van der Waals surface area (Å²) in [5.41, 5.74) is -1.22. The fourth-order valence-electron chi connectivity index (χ4n) is 5.31. The van der Waals surface area contributed by atoms with Crippen LogP contribution in [0.4, 0.5) is 0 Å². The molecule has 250 valence electrons. The third-order valence-electron chi connectivity index (χ3n) is 9.04. The third kappa shape index (κ3) is 9.48. The molecule has 0 aromatic rings. The number of hydrogen-bond acceptors (Lipinski definition) is 11. The summed E-state index contributed by atoms with van der Waals surface area (Å²) in [4.78, 5) is 59.7. The molecule has 0 aromatic heterocycles. The zero-order valence-corrected chi connectivity index (χ0v) is 26.6. The second-order valence-electron chi connectivity index (χ2n) is 13.0. The highest BCUT2D eigenvalue weighted by atomic mass is 16.6. The predicted molar refractivity (Wildman–Crippen MR) is 156 cm³/mol. The molecule has 1 saturated heterocycles. The topological polar surface area (TPSA) is 197 Å². The highest BCUT2D eigenvalue weighted by Crippen LogP contribution is 2.48. The second-order valence-corrected chi connectivity index (χ2v) is 13.0. The van der Waals surface area contributed by atoms with Gasteiger partial charge in [0.2, 0.25) is 0 Å². The van der Waals surface area contributed by atoms with E-state index in [-0.39, 0.29) is 37.6 Å². The third-order valence-corrected chi connectivity index (χ3v) is 9.04. The summed E-state index contributed by atoms with van der Waals surface area (Å²) in [6.45, 7) is 10.5. The Balaban J connectivity index is 0.000000319. The van der Waals surface area contributed by atoms with Gasteiger partial charge in [0.15, 0.2) is 0 Å². The van der Waals surface area contributed by atoms with Crippen LogP contribution in [0.1, 0.15) is 73.6 Å². The predicted octanol–water partition coefficient (Wildman–Crippen LogP) is 2.23. The highest BCUT2D eigenvalue weighted by Gasteiger charge is 2.52. The number of esters is 3. The number of carboxylic acids is 2. The van der Waals surface area contributed by atoms with Crippen molar-refractivity contribution in [1.29, 1.82) is 0 Å². The number of ether oxygens (including phenoxy) is 3. The van der Waals surface area contributed by atoms with Crippen LogP contribution >= 0.6 is 0 Å². The number of nitrogens with zero attached hydrogens (tertiary/aromatic N) is 1. The van der Waals surface area contributed by atoms with E-state index in [4.69, 9.17) is 19.3 Å². The van der Waals surface area contributed by atoms with E-state index < -0.39 is 64.9 Å². The summed E-state index contributed by atoms with van der Waals surface area (Å²) >= 11 is 0. The first-order valence-electron chi connectivity index (χ1n) is 15.2. The fraction of sp³-hybridized carbons (Fsp3) is 0.774. The van der Waals surface area contributed by atoms with Gasteiger partial charge in [-0.3, -0.25) is 28.9 Å². The first kappa shape index (κ1) is 37.2. The van der Waals surface area contributed by atoms with Gasteiger partial charge in [-0.2, -0.15) is 0 Å². The number of carbonyl (C=O) groups is 5. The minimum Gasteiger partial charge on any atom is -0.481 e. The van der Waals surface area contributed by atoms with Crippen LogP contribution in [-0.4, -0.2) is 99.9 Å². The summed E-state index contributed by atoms with van der Waals surface area (Å²) in [7, 11) is 0. The number of carbonyl (C=O) groups excluding carboxylic acids is 3. The maximum atomic E-state index is 12.3. The average Bonchev–Trinajstić information content (AvgIpc) is 3.74. The molecule has 4 N–H and O–H groups in total. The van der Waals surface area contributed by atoms with Crippen molar-refractivity contribution >= 4 is 29.8 Å². The van der Waals surface area contributed by atoms with Crippen LogP contribution in [0.25, 0.3) is 0 Å². The van der Waals surface area contributed by atoms with Gasteiger partial charge in [-0.05, 0) is 71.6 Å². The Labute approximate surface area is 258 Å². The number of aliphatic carboxylic acids is 2. The van der Waals surface area contributed by atoms with Gasteiger partial charge in [0.25, 0.3) is 0 Å². The molecule has 44 heavy (non-hydrogen) atoms. The molecule has 0 radical (unpaired) electrons. The van der Waals surface area contributed by atoms with E-state index in [1.165, 1.54) is 4.90 Å². The van der Waals surface area contributed by atoms with E-state index in [1.54, 1.807) is 27.7 Å². The quantitative estimate of drug-likeness (QED) is 0.124. The van der Waals surface area contributed by atoms with Gasteiger partial charge in [-0.1, -0.05) is 26.0 Å². The van der Waals surface area contributed by atoms with E-state index in [9.17, 15) is 39.3 Å². The summed E-state index contributed by atoms with van der Waals surface area (Å²) in [5.74, 6) is -5.13. The van der Waals surface area contributed by atoms with Gasteiger partial charge in [0.05, 0.1) is 22.7 Å². The largest absolute Gasteiger partial charge is 0.481 e. The first-order chi connectivity index (χ1) is 20.5. The van der Waals surface area contributed by atoms with E-state index >= 15 is 0 Å². The normalized spacial score (nSPS) is 25.9. The minimum absolute atomic E-state index is 0.126. The van der Waals surface area contributed by atoms with Crippen LogP contribution < -0.4 is 0 Å². The monoisotopic (exact) mass is 627 g/mol. The van der Waals surface area contributed by atoms with Crippen LogP contribution in [0.3, 0.4) is 0 Å². The average molecular weight is 628 g/mol. The van der Waals surface area contributed by atoms with Crippen molar-refractivity contribution < 1.29 is 58.6 Å². The van der Waals surface area contributed by atoms with Crippen LogP contribution in [0.15, 0.2) is 12.2 Å². The zero-order chi connectivity index (χ0) is 33.4. The van der Waals surface area contributed by atoms with Gasteiger partial charge >= 0.3 is 29.8 Å². The molecular weight excluding hydrogens is 578 g/mol. The zero-order valence-electron chi connectivity index (χ0n) is 26.6. The first-order valence-corrected chi connectivity index (χ1v) is 15.2. The Bertz CT molecular complexity index is 1070. The number of allylic oxidation sites excluding steroid dienone is 2. The summed E-state index contributed by atoms with van der Waals surface area (Å²) in [6.07, 6.45) is 4.64. The number of carboxylic acid groups (broad SMARTS) is 2. The van der Waals surface area contributed by atoms with Crippen molar-refractivity contribution in [3.05, 3.63) is 12.2 Å². The Morgan fingerprint density at radius 3 is 1.80 bits per heavy atom. The summed E-state index contributed by atoms with van der Waals surface area (Å²) < 4.78 is 15.2. The Hall–Kier alpha value is -3.03. The lowest BCUT2D eigenvalue weighted by Crippen LogP contribution is -2.46. The van der Waals surface area contributed by atoms with Gasteiger partial charge in [0.1, 0.15) is 38.2 Å². The molecule has 3 rings (SSSR count). The molecule has 3 aliphatic rings. The maximum absolute atomic E-state index is 12.3. The van der Waals surface area contributed by atoms with Crippen molar-refractivity contribution in [1.82, 2.24) is 4.90 Å². The number of fused-ring (bicyclic) bond motifs is 2. The van der Waals surface area contributed by atoms with Gasteiger partial charge in [-0.15, -0.1) is 0 Å². The fourth-order valence-corrected chi connectivity index (χ4v) is 5.31. The minimum atomic E-state index is -1.14. The van der Waals surface area contributed by atoms with E-state index in [1.807, 2.05) is 26.0 Å². The molecule has 7 atom stereocenters. The molecule has 1 saturated carbocycles. The molecule has 2 fully saturated rings. The number of likely N-dealkylation sites (tertiary alicyclic amines) is 1. The standard InChI is InChI=1S/C18H26O7.C13H23NO5/c1-4-18(2,3)17(23)25-9-12(19)8-24-16(22)14-11-6-5-10(7-11)13(14)15(20)21;1-4-13(2,3)12(18)19-8-10(15)14-7-5-6-9(14)11(16)17/h5-6,10-14,19H,4,7-9H2,1-3H3,(H,20,21);9-10,15H,4-8H2,1-3H3,(H,16,17). The molecule has 2 aliphatic carbocycles. The molecular formula is C31H49NO12. The molecule has 0 spiro atoms. The van der Waals surface area contributed by atoms with E-state index in [2.05, 4.69) is 0 Å². The van der Waals surface area contributed by atoms with Crippen LogP contribution in [0.5, 0.6) is 0 Å². The summed E-state index contributed by atoms with van der Waals surface area (Å²) in [5, 5.41) is 38.1. The smallest absolute Gasteiger partial charge is 0.320 e. The van der Waals surface area contributed by atoms with Crippen LogP contribution in [0, 0.1) is 34.5 Å². The maximum Gasteiger partial charge on any atom is 0.320 e. The van der Waals surface area contributed by atoms with Crippen molar-refractivity contribution in [2.45, 2.75) is 92.0 Å². The van der Waals surface area contributed by atoms with E-state index in [0.29, 0.717) is 32.2 Å². The molecule has 0 aromatic carbocycles. The second kappa shape index (κ2) is 15.8. The number of hydrogen-bond donors (Lipinski definition) is 4. The lowest BCUT2D eigenvalue weighted by molar-refractivity contribution is -0.165. The highest BCUT2D eigenvalue weighted by molar-refractivity contribution is 5.83. The Morgan fingerprint density at radius 2 is 1.30 bits per heavy atom. The molecule has 1 heterocycles. The lowest BCUT2D eigenvalue weighted by Gasteiger charge is -2.28. The lowest BCUT2D eigenvalue weighted by atomic mass is 9.83. The molecule has 0 amide bonds. The molecule has 13 heteroatoms. The molecule has 7 unspecified atom stereocenters. The van der Waals surface area contributed by atoms with Crippen molar-refractivity contribution in [3.63, 3.8) is 0 Å². The van der Waals surface area contributed by atoms with Crippen LogP contribution in [-0.2, 0) is 38.2 Å². The van der Waals surface area contributed by atoms with Crippen LogP contribution in [0.2, 0.25) is 0 Å². The molecule has 13 nitrogen and oxygen atoms in total.